The average molecular weight is 398 g/mol. The van der Waals surface area contributed by atoms with Crippen molar-refractivity contribution in [3.05, 3.63) is 84.7 Å². The number of nitrogens with zero attached hydrogens (tertiary/aromatic N) is 2. The number of benzene rings is 1. The monoisotopic (exact) mass is 398 g/mol. The average Bonchev–Trinajstić information content (AvgIpc) is 3.24. The van der Waals surface area contributed by atoms with Crippen LogP contribution in [0.25, 0.3) is 0 Å². The molecule has 0 aliphatic rings. The topological polar surface area (TPSA) is 99.1 Å². The van der Waals surface area contributed by atoms with Gasteiger partial charge in [-0.1, -0.05) is 36.4 Å². The third-order valence-electron chi connectivity index (χ3n) is 4.73. The van der Waals surface area contributed by atoms with Crippen molar-refractivity contribution in [1.82, 2.24) is 14.5 Å². The van der Waals surface area contributed by atoms with Gasteiger partial charge in [0.2, 0.25) is 0 Å². The number of hydrogen-bond donors (Lipinski definition) is 2. The number of nitrogens with one attached hydrogen (secondary N) is 1. The summed E-state index contributed by atoms with van der Waals surface area (Å²) in [5.74, 6) is -0.578. The lowest BCUT2D eigenvalue weighted by Crippen LogP contribution is -2.45. The molecule has 0 spiro atoms. The number of rotatable bonds is 6. The molecular formula is C20H22N4O3S. The van der Waals surface area contributed by atoms with E-state index >= 15 is 0 Å². The Morgan fingerprint density at radius 3 is 2.36 bits per heavy atom. The van der Waals surface area contributed by atoms with Crippen molar-refractivity contribution in [2.75, 3.05) is 5.73 Å². The predicted octanol–water partition coefficient (Wildman–Crippen LogP) is 1.68. The van der Waals surface area contributed by atoms with Gasteiger partial charge in [-0.25, -0.2) is 4.79 Å². The van der Waals surface area contributed by atoms with Crippen LogP contribution in [0.2, 0.25) is 0 Å². The molecule has 28 heavy (non-hydrogen) atoms. The highest BCUT2D eigenvalue weighted by atomic mass is 32.1. The van der Waals surface area contributed by atoms with Gasteiger partial charge in [0, 0.05) is 19.0 Å². The number of aromatic nitrogens is 2. The van der Waals surface area contributed by atoms with Crippen LogP contribution < -0.4 is 22.3 Å². The molecule has 1 aromatic carbocycles. The Bertz CT molecular complexity index is 1100. The molecule has 2 heterocycles. The van der Waals surface area contributed by atoms with Gasteiger partial charge in [0.25, 0.3) is 5.56 Å². The van der Waals surface area contributed by atoms with Crippen molar-refractivity contribution in [1.29, 1.82) is 0 Å². The van der Waals surface area contributed by atoms with Gasteiger partial charge >= 0.3 is 5.69 Å². The smallest absolute Gasteiger partial charge is 0.332 e. The van der Waals surface area contributed by atoms with Crippen molar-refractivity contribution in [2.24, 2.45) is 14.1 Å². The van der Waals surface area contributed by atoms with Crippen molar-refractivity contribution in [3.8, 4) is 0 Å². The lowest BCUT2D eigenvalue weighted by Gasteiger charge is -2.23. The Kier molecular flexibility index (Phi) is 5.62. The summed E-state index contributed by atoms with van der Waals surface area (Å²) in [6, 6.07) is 12.8. The Morgan fingerprint density at radius 1 is 1.07 bits per heavy atom. The van der Waals surface area contributed by atoms with Gasteiger partial charge in [-0.05, 0) is 23.9 Å². The standard InChI is InChI=1S/C20H22N4O3S/c1-12(17(25)15-18(21)23(2)20(27)24(3)19(15)26)22-16(14-10-7-11-28-14)13-8-5-4-6-9-13/h4-12,16,22H,21H2,1-3H3. The van der Waals surface area contributed by atoms with E-state index in [1.165, 1.54) is 14.1 Å². The van der Waals surface area contributed by atoms with Gasteiger partial charge in [-0.2, -0.15) is 0 Å². The van der Waals surface area contributed by atoms with Crippen LogP contribution in [-0.2, 0) is 14.1 Å². The highest BCUT2D eigenvalue weighted by Gasteiger charge is 2.27. The molecule has 2 aromatic heterocycles. The minimum absolute atomic E-state index is 0.126. The maximum atomic E-state index is 13.1. The van der Waals surface area contributed by atoms with Gasteiger partial charge in [0.1, 0.15) is 11.4 Å². The van der Waals surface area contributed by atoms with E-state index in [0.29, 0.717) is 0 Å². The van der Waals surface area contributed by atoms with Crippen molar-refractivity contribution in [2.45, 2.75) is 19.0 Å². The van der Waals surface area contributed by atoms with Crippen LogP contribution in [-0.4, -0.2) is 21.0 Å². The first-order valence-corrected chi connectivity index (χ1v) is 9.65. The highest BCUT2D eigenvalue weighted by Crippen LogP contribution is 2.26. The number of Topliss-reactive ketones (excluding diaryl/α,β-unsaturated/α-hetero) is 1. The fourth-order valence-corrected chi connectivity index (χ4v) is 3.89. The summed E-state index contributed by atoms with van der Waals surface area (Å²) < 4.78 is 2.00. The maximum absolute atomic E-state index is 13.1. The van der Waals surface area contributed by atoms with Crippen LogP contribution >= 0.6 is 11.3 Å². The molecule has 0 fully saturated rings. The third kappa shape index (κ3) is 3.56. The van der Waals surface area contributed by atoms with Crippen molar-refractivity contribution >= 4 is 22.9 Å². The Labute approximate surface area is 166 Å². The van der Waals surface area contributed by atoms with Crippen LogP contribution in [0.3, 0.4) is 0 Å². The number of carbonyl (C=O) groups excluding carboxylic acids is 1. The first-order valence-electron chi connectivity index (χ1n) is 8.77. The Hall–Kier alpha value is -2.97. The molecule has 3 rings (SSSR count). The molecule has 0 aliphatic heterocycles. The lowest BCUT2D eigenvalue weighted by molar-refractivity contribution is 0.0945. The molecular weight excluding hydrogens is 376 g/mol. The van der Waals surface area contributed by atoms with Gasteiger partial charge in [0.05, 0.1) is 12.1 Å². The number of hydrogen-bond acceptors (Lipinski definition) is 6. The fraction of sp³-hybridized carbons (Fsp3) is 0.250. The second kappa shape index (κ2) is 7.95. The van der Waals surface area contributed by atoms with E-state index < -0.39 is 23.1 Å². The van der Waals surface area contributed by atoms with Gasteiger partial charge in [-0.3, -0.25) is 24.0 Å². The summed E-state index contributed by atoms with van der Waals surface area (Å²) in [5, 5.41) is 5.28. The van der Waals surface area contributed by atoms with E-state index in [-0.39, 0.29) is 17.4 Å². The van der Waals surface area contributed by atoms with Crippen LogP contribution in [0.5, 0.6) is 0 Å². The molecule has 146 valence electrons. The molecule has 0 saturated heterocycles. The Balaban J connectivity index is 1.98. The maximum Gasteiger partial charge on any atom is 0.332 e. The number of carbonyl (C=O) groups is 1. The molecule has 3 aromatic rings. The van der Waals surface area contributed by atoms with E-state index in [0.717, 1.165) is 19.6 Å². The summed E-state index contributed by atoms with van der Waals surface area (Å²) in [6.45, 7) is 1.69. The summed E-state index contributed by atoms with van der Waals surface area (Å²) >= 11 is 1.58. The zero-order valence-corrected chi connectivity index (χ0v) is 16.7. The molecule has 7 nitrogen and oxygen atoms in total. The molecule has 0 aliphatic carbocycles. The first kappa shape index (κ1) is 19.8. The molecule has 0 bridgehead atoms. The van der Waals surface area contributed by atoms with E-state index in [1.807, 2.05) is 47.8 Å². The van der Waals surface area contributed by atoms with Gasteiger partial charge < -0.3 is 5.73 Å². The minimum atomic E-state index is -0.695. The zero-order chi connectivity index (χ0) is 20.4. The molecule has 8 heteroatoms. The molecule has 2 atom stereocenters. The van der Waals surface area contributed by atoms with Gasteiger partial charge in [-0.15, -0.1) is 11.3 Å². The van der Waals surface area contributed by atoms with E-state index in [2.05, 4.69) is 5.32 Å². The molecule has 0 amide bonds. The van der Waals surface area contributed by atoms with E-state index in [1.54, 1.807) is 18.3 Å². The summed E-state index contributed by atoms with van der Waals surface area (Å²) in [6.07, 6.45) is 0. The fourth-order valence-electron chi connectivity index (χ4n) is 3.08. The number of nitrogen functional groups attached to an aromatic ring is 1. The van der Waals surface area contributed by atoms with Crippen LogP contribution in [0.15, 0.2) is 57.4 Å². The summed E-state index contributed by atoms with van der Waals surface area (Å²) in [4.78, 5) is 38.6. The largest absolute Gasteiger partial charge is 0.384 e. The number of thiophene rings is 1. The second-order valence-electron chi connectivity index (χ2n) is 6.58. The van der Waals surface area contributed by atoms with E-state index in [9.17, 15) is 14.4 Å². The predicted molar refractivity (Wildman–Crippen MR) is 111 cm³/mol. The highest BCUT2D eigenvalue weighted by molar-refractivity contribution is 7.10. The lowest BCUT2D eigenvalue weighted by atomic mass is 10.0. The summed E-state index contributed by atoms with van der Waals surface area (Å²) in [7, 11) is 2.77. The molecule has 3 N–H and O–H groups in total. The SMILES string of the molecule is CC(NC(c1ccccc1)c1cccs1)C(=O)c1c(N)n(C)c(=O)n(C)c1=O. The third-order valence-corrected chi connectivity index (χ3v) is 5.66. The van der Waals surface area contributed by atoms with Crippen LogP contribution in [0.4, 0.5) is 5.82 Å². The first-order chi connectivity index (χ1) is 13.3. The normalized spacial score (nSPS) is 13.2. The molecule has 2 unspecified atom stereocenters. The minimum Gasteiger partial charge on any atom is -0.384 e. The van der Waals surface area contributed by atoms with E-state index in [4.69, 9.17) is 5.73 Å². The molecule has 0 radical (unpaired) electrons. The number of anilines is 1. The quantitative estimate of drug-likeness (QED) is 0.616. The van der Waals surface area contributed by atoms with Crippen LogP contribution in [0, 0.1) is 0 Å². The van der Waals surface area contributed by atoms with Gasteiger partial charge in [0.15, 0.2) is 5.78 Å². The zero-order valence-electron chi connectivity index (χ0n) is 15.9. The molecule has 0 saturated carbocycles. The van der Waals surface area contributed by atoms with Crippen molar-refractivity contribution in [3.63, 3.8) is 0 Å². The Morgan fingerprint density at radius 2 is 1.75 bits per heavy atom. The summed E-state index contributed by atoms with van der Waals surface area (Å²) in [5.41, 5.74) is 5.50. The van der Waals surface area contributed by atoms with Crippen LogP contribution in [0.1, 0.15) is 33.8 Å². The number of nitrogens with two attached hydrogens (primary N) is 1. The second-order valence-corrected chi connectivity index (χ2v) is 7.56. The van der Waals surface area contributed by atoms with Crippen molar-refractivity contribution < 1.29 is 4.79 Å². The number of ketones is 1.